The Balaban J connectivity index is 1.80. The molecule has 0 amide bonds. The molecule has 3 nitrogen and oxygen atoms in total. The molecule has 2 aromatic carbocycles. The lowest BCUT2D eigenvalue weighted by atomic mass is 10.1. The predicted molar refractivity (Wildman–Crippen MR) is 76.1 cm³/mol. The zero-order valence-corrected chi connectivity index (χ0v) is 11.3. The van der Waals surface area contributed by atoms with E-state index in [4.69, 9.17) is 21.1 Å². The van der Waals surface area contributed by atoms with Crippen LogP contribution in [0.15, 0.2) is 36.4 Å². The third-order valence-electron chi connectivity index (χ3n) is 3.07. The number of anilines is 1. The van der Waals surface area contributed by atoms with E-state index >= 15 is 0 Å². The molecule has 0 atom stereocenters. The Labute approximate surface area is 117 Å². The second-order valence-corrected chi connectivity index (χ2v) is 4.89. The lowest BCUT2D eigenvalue weighted by Crippen LogP contribution is -2.02. The van der Waals surface area contributed by atoms with Crippen LogP contribution in [0.25, 0.3) is 0 Å². The Morgan fingerprint density at radius 3 is 3.00 bits per heavy atom. The van der Waals surface area contributed by atoms with Crippen molar-refractivity contribution in [1.29, 1.82) is 0 Å². The fourth-order valence-electron chi connectivity index (χ4n) is 2.09. The molecule has 1 heterocycles. The number of fused-ring (bicyclic) bond motifs is 1. The van der Waals surface area contributed by atoms with E-state index in [0.29, 0.717) is 6.54 Å². The van der Waals surface area contributed by atoms with Crippen molar-refractivity contribution in [2.24, 2.45) is 0 Å². The van der Waals surface area contributed by atoms with Crippen molar-refractivity contribution in [3.05, 3.63) is 52.5 Å². The van der Waals surface area contributed by atoms with Crippen LogP contribution in [0, 0.1) is 6.92 Å². The molecule has 0 fully saturated rings. The summed E-state index contributed by atoms with van der Waals surface area (Å²) in [5.74, 6) is 1.62. The van der Waals surface area contributed by atoms with Crippen LogP contribution in [-0.2, 0) is 6.54 Å². The van der Waals surface area contributed by atoms with Crippen LogP contribution in [0.1, 0.15) is 11.1 Å². The van der Waals surface area contributed by atoms with Crippen LogP contribution >= 0.6 is 11.6 Å². The third kappa shape index (κ3) is 2.47. The molecular formula is C15H14ClNO2. The molecule has 2 aromatic rings. The molecule has 4 heteroatoms. The zero-order chi connectivity index (χ0) is 13.2. The number of benzene rings is 2. The van der Waals surface area contributed by atoms with E-state index in [1.807, 2.05) is 43.3 Å². The zero-order valence-electron chi connectivity index (χ0n) is 10.6. The van der Waals surface area contributed by atoms with Crippen LogP contribution in [-0.4, -0.2) is 6.79 Å². The topological polar surface area (TPSA) is 30.5 Å². The maximum Gasteiger partial charge on any atom is 0.231 e. The van der Waals surface area contributed by atoms with Gasteiger partial charge < -0.3 is 14.8 Å². The van der Waals surface area contributed by atoms with Gasteiger partial charge in [-0.2, -0.15) is 0 Å². The molecule has 0 bridgehead atoms. The van der Waals surface area contributed by atoms with Gasteiger partial charge in [-0.25, -0.2) is 0 Å². The minimum absolute atomic E-state index is 0.289. The molecule has 0 aliphatic carbocycles. The summed E-state index contributed by atoms with van der Waals surface area (Å²) in [4.78, 5) is 0. The van der Waals surface area contributed by atoms with Crippen molar-refractivity contribution in [3.8, 4) is 11.5 Å². The number of halogens is 1. The van der Waals surface area contributed by atoms with Gasteiger partial charge in [-0.15, -0.1) is 0 Å². The summed E-state index contributed by atoms with van der Waals surface area (Å²) in [5.41, 5.74) is 3.16. The number of rotatable bonds is 3. The average molecular weight is 276 g/mol. The first kappa shape index (κ1) is 12.2. The molecule has 1 N–H and O–H groups in total. The van der Waals surface area contributed by atoms with E-state index in [1.54, 1.807) is 0 Å². The highest BCUT2D eigenvalue weighted by Gasteiger charge is 2.16. The first-order chi connectivity index (χ1) is 9.24. The van der Waals surface area contributed by atoms with Crippen molar-refractivity contribution < 1.29 is 9.47 Å². The van der Waals surface area contributed by atoms with Gasteiger partial charge in [0.15, 0.2) is 11.5 Å². The van der Waals surface area contributed by atoms with E-state index in [2.05, 4.69) is 5.32 Å². The molecule has 1 aliphatic heterocycles. The summed E-state index contributed by atoms with van der Waals surface area (Å²) in [7, 11) is 0. The Hall–Kier alpha value is -1.87. The normalized spacial score (nSPS) is 12.5. The van der Waals surface area contributed by atoms with E-state index in [1.165, 1.54) is 5.56 Å². The van der Waals surface area contributed by atoms with Crippen LogP contribution in [0.4, 0.5) is 5.69 Å². The highest BCUT2D eigenvalue weighted by atomic mass is 35.5. The highest BCUT2D eigenvalue weighted by Crippen LogP contribution is 2.36. The monoisotopic (exact) mass is 275 g/mol. The minimum Gasteiger partial charge on any atom is -0.454 e. The summed E-state index contributed by atoms with van der Waals surface area (Å²) in [6.45, 7) is 2.98. The van der Waals surface area contributed by atoms with E-state index in [-0.39, 0.29) is 6.79 Å². The quantitative estimate of drug-likeness (QED) is 0.919. The number of para-hydroxylation sites is 1. The number of hydrogen-bond donors (Lipinski definition) is 1. The molecule has 0 unspecified atom stereocenters. The number of hydrogen-bond acceptors (Lipinski definition) is 3. The van der Waals surface area contributed by atoms with Crippen LogP contribution < -0.4 is 14.8 Å². The fourth-order valence-corrected chi connectivity index (χ4v) is 2.28. The van der Waals surface area contributed by atoms with Crippen molar-refractivity contribution in [2.75, 3.05) is 12.1 Å². The average Bonchev–Trinajstić information content (AvgIpc) is 2.88. The Kier molecular flexibility index (Phi) is 3.22. The molecule has 0 saturated carbocycles. The molecule has 0 aromatic heterocycles. The first-order valence-corrected chi connectivity index (χ1v) is 6.49. The van der Waals surface area contributed by atoms with Crippen molar-refractivity contribution in [2.45, 2.75) is 13.5 Å². The Bertz CT molecular complexity index is 613. The van der Waals surface area contributed by atoms with Gasteiger partial charge in [0.05, 0.1) is 10.7 Å². The Morgan fingerprint density at radius 1 is 1.21 bits per heavy atom. The Morgan fingerprint density at radius 2 is 2.11 bits per heavy atom. The molecule has 19 heavy (non-hydrogen) atoms. The van der Waals surface area contributed by atoms with Gasteiger partial charge in [0.2, 0.25) is 6.79 Å². The van der Waals surface area contributed by atoms with Crippen molar-refractivity contribution >= 4 is 17.3 Å². The first-order valence-electron chi connectivity index (χ1n) is 6.11. The summed E-state index contributed by atoms with van der Waals surface area (Å²) < 4.78 is 10.8. The molecular weight excluding hydrogens is 262 g/mol. The maximum absolute atomic E-state index is 6.16. The molecule has 0 saturated heterocycles. The van der Waals surface area contributed by atoms with Crippen LogP contribution in [0.3, 0.4) is 0 Å². The minimum atomic E-state index is 0.289. The molecule has 98 valence electrons. The second kappa shape index (κ2) is 5.02. The summed E-state index contributed by atoms with van der Waals surface area (Å²) in [6.07, 6.45) is 0. The van der Waals surface area contributed by atoms with E-state index in [9.17, 15) is 0 Å². The third-order valence-corrected chi connectivity index (χ3v) is 3.40. The lowest BCUT2D eigenvalue weighted by Gasteiger charge is -2.11. The summed E-state index contributed by atoms with van der Waals surface area (Å²) in [6, 6.07) is 11.8. The molecule has 0 radical (unpaired) electrons. The van der Waals surface area contributed by atoms with Gasteiger partial charge in [-0.05, 0) is 30.7 Å². The van der Waals surface area contributed by atoms with Gasteiger partial charge in [0.25, 0.3) is 0 Å². The van der Waals surface area contributed by atoms with Gasteiger partial charge in [-0.1, -0.05) is 29.8 Å². The number of ether oxygens (including phenoxy) is 2. The molecule has 1 aliphatic rings. The van der Waals surface area contributed by atoms with Gasteiger partial charge in [0, 0.05) is 12.1 Å². The van der Waals surface area contributed by atoms with E-state index in [0.717, 1.165) is 27.8 Å². The second-order valence-electron chi connectivity index (χ2n) is 4.49. The highest BCUT2D eigenvalue weighted by molar-refractivity contribution is 6.33. The number of nitrogens with one attached hydrogen (secondary N) is 1. The SMILES string of the molecule is Cc1ccc(Cl)c(NCc2cccc3c2OCO3)c1. The largest absolute Gasteiger partial charge is 0.454 e. The molecule has 3 rings (SSSR count). The summed E-state index contributed by atoms with van der Waals surface area (Å²) in [5, 5.41) is 4.05. The van der Waals surface area contributed by atoms with Gasteiger partial charge in [-0.3, -0.25) is 0 Å². The van der Waals surface area contributed by atoms with Crippen molar-refractivity contribution in [1.82, 2.24) is 0 Å². The lowest BCUT2D eigenvalue weighted by molar-refractivity contribution is 0.173. The predicted octanol–water partition coefficient (Wildman–Crippen LogP) is 3.99. The summed E-state index contributed by atoms with van der Waals surface area (Å²) >= 11 is 6.16. The van der Waals surface area contributed by atoms with E-state index < -0.39 is 0 Å². The smallest absolute Gasteiger partial charge is 0.231 e. The van der Waals surface area contributed by atoms with Crippen molar-refractivity contribution in [3.63, 3.8) is 0 Å². The standard InChI is InChI=1S/C15H14ClNO2/c1-10-5-6-12(16)13(7-10)17-8-11-3-2-4-14-15(11)19-9-18-14/h2-7,17H,8-9H2,1H3. The van der Waals surface area contributed by atoms with Crippen LogP contribution in [0.2, 0.25) is 5.02 Å². The fraction of sp³-hybridized carbons (Fsp3) is 0.200. The van der Waals surface area contributed by atoms with Gasteiger partial charge >= 0.3 is 0 Å². The van der Waals surface area contributed by atoms with Crippen LogP contribution in [0.5, 0.6) is 11.5 Å². The maximum atomic E-state index is 6.16. The molecule has 0 spiro atoms. The number of aryl methyl sites for hydroxylation is 1. The van der Waals surface area contributed by atoms with Gasteiger partial charge in [0.1, 0.15) is 0 Å².